The summed E-state index contributed by atoms with van der Waals surface area (Å²) in [5.74, 6) is 1.85. The summed E-state index contributed by atoms with van der Waals surface area (Å²) in [7, 11) is 0. The third-order valence-corrected chi connectivity index (χ3v) is 7.43. The number of nitrogens with one attached hydrogen (secondary N) is 1. The van der Waals surface area contributed by atoms with Gasteiger partial charge in [0.1, 0.15) is 11.6 Å². The SMILES string of the molecule is CCc1cnc(Nc2ncc(F)c(N)c2SCC2CCCC(C)(C#N)CCC2)cc1N. The molecule has 3 rings (SSSR count). The summed E-state index contributed by atoms with van der Waals surface area (Å²) in [6, 6.07) is 4.24. The van der Waals surface area contributed by atoms with Crippen LogP contribution in [0.3, 0.4) is 0 Å². The maximum atomic E-state index is 14.2. The van der Waals surface area contributed by atoms with E-state index in [1.807, 2.05) is 6.92 Å². The number of thioether (sulfide) groups is 1. The molecule has 2 aromatic rings. The molecule has 1 aliphatic carbocycles. The zero-order chi connectivity index (χ0) is 22.4. The molecular weight excluding hydrogens is 411 g/mol. The van der Waals surface area contributed by atoms with Crippen molar-refractivity contribution < 1.29 is 4.39 Å². The fourth-order valence-corrected chi connectivity index (χ4v) is 5.24. The smallest absolute Gasteiger partial charge is 0.165 e. The van der Waals surface area contributed by atoms with Crippen LogP contribution < -0.4 is 16.8 Å². The predicted octanol–water partition coefficient (Wildman–Crippen LogP) is 5.68. The molecule has 1 aliphatic rings. The summed E-state index contributed by atoms with van der Waals surface area (Å²) in [5.41, 5.74) is 13.7. The van der Waals surface area contributed by atoms with Gasteiger partial charge in [-0.3, -0.25) is 0 Å². The van der Waals surface area contributed by atoms with Gasteiger partial charge in [-0.05, 0) is 50.5 Å². The molecule has 2 heterocycles. The van der Waals surface area contributed by atoms with E-state index in [9.17, 15) is 9.65 Å². The third-order valence-electron chi connectivity index (χ3n) is 6.09. The second kappa shape index (κ2) is 10.2. The molecule has 1 saturated carbocycles. The van der Waals surface area contributed by atoms with Crippen molar-refractivity contribution in [1.29, 1.82) is 5.26 Å². The van der Waals surface area contributed by atoms with Crippen molar-refractivity contribution >= 4 is 34.8 Å². The zero-order valence-electron chi connectivity index (χ0n) is 18.2. The maximum Gasteiger partial charge on any atom is 0.165 e. The van der Waals surface area contributed by atoms with Gasteiger partial charge in [-0.15, -0.1) is 11.8 Å². The van der Waals surface area contributed by atoms with Gasteiger partial charge in [0.2, 0.25) is 0 Å². The number of hydrogen-bond donors (Lipinski definition) is 3. The summed E-state index contributed by atoms with van der Waals surface area (Å²) >= 11 is 1.53. The lowest BCUT2D eigenvalue weighted by Crippen LogP contribution is -2.18. The van der Waals surface area contributed by atoms with E-state index in [1.54, 1.807) is 12.3 Å². The van der Waals surface area contributed by atoms with Crippen molar-refractivity contribution in [2.75, 3.05) is 22.5 Å². The molecule has 0 saturated heterocycles. The molecule has 0 radical (unpaired) electrons. The molecule has 0 aromatic carbocycles. The van der Waals surface area contributed by atoms with Gasteiger partial charge in [0.15, 0.2) is 5.82 Å². The lowest BCUT2D eigenvalue weighted by molar-refractivity contribution is 0.287. The Labute approximate surface area is 188 Å². The molecule has 166 valence electrons. The van der Waals surface area contributed by atoms with E-state index < -0.39 is 5.82 Å². The van der Waals surface area contributed by atoms with E-state index in [1.165, 1.54) is 11.8 Å². The van der Waals surface area contributed by atoms with Gasteiger partial charge in [-0.2, -0.15) is 5.26 Å². The summed E-state index contributed by atoms with van der Waals surface area (Å²) in [5, 5.41) is 12.6. The topological polar surface area (TPSA) is 114 Å². The van der Waals surface area contributed by atoms with Crippen LogP contribution >= 0.6 is 11.8 Å². The molecule has 5 N–H and O–H groups in total. The summed E-state index contributed by atoms with van der Waals surface area (Å²) in [6.07, 6.45) is 9.72. The first-order valence-electron chi connectivity index (χ1n) is 10.8. The summed E-state index contributed by atoms with van der Waals surface area (Å²) < 4.78 is 14.2. The average molecular weight is 443 g/mol. The van der Waals surface area contributed by atoms with Gasteiger partial charge >= 0.3 is 0 Å². The van der Waals surface area contributed by atoms with Crippen LogP contribution in [-0.4, -0.2) is 15.7 Å². The Morgan fingerprint density at radius 3 is 2.58 bits per heavy atom. The fourth-order valence-electron chi connectivity index (χ4n) is 4.02. The van der Waals surface area contributed by atoms with Crippen molar-refractivity contribution in [3.8, 4) is 6.07 Å². The maximum absolute atomic E-state index is 14.2. The van der Waals surface area contributed by atoms with Gasteiger partial charge < -0.3 is 16.8 Å². The molecule has 8 heteroatoms. The summed E-state index contributed by atoms with van der Waals surface area (Å²) in [4.78, 5) is 9.22. The monoisotopic (exact) mass is 442 g/mol. The number of nitriles is 1. The number of nitrogens with zero attached hydrogens (tertiary/aromatic N) is 3. The molecule has 0 aliphatic heterocycles. The van der Waals surface area contributed by atoms with Crippen LogP contribution in [0.2, 0.25) is 0 Å². The molecule has 0 atom stereocenters. The molecular formula is C23H31FN6S. The Hall–Kier alpha value is -2.53. The van der Waals surface area contributed by atoms with E-state index >= 15 is 0 Å². The molecule has 0 spiro atoms. The second-order valence-electron chi connectivity index (χ2n) is 8.58. The highest BCUT2D eigenvalue weighted by Crippen LogP contribution is 2.39. The number of aromatic nitrogens is 2. The highest BCUT2D eigenvalue weighted by atomic mass is 32.2. The lowest BCUT2D eigenvalue weighted by atomic mass is 9.77. The first-order valence-corrected chi connectivity index (χ1v) is 11.8. The van der Waals surface area contributed by atoms with E-state index in [-0.39, 0.29) is 11.1 Å². The van der Waals surface area contributed by atoms with Crippen molar-refractivity contribution in [2.45, 2.75) is 63.7 Å². The number of pyridine rings is 2. The lowest BCUT2D eigenvalue weighted by Gasteiger charge is -2.27. The van der Waals surface area contributed by atoms with Crippen LogP contribution in [0, 0.1) is 28.5 Å². The van der Waals surface area contributed by atoms with Gasteiger partial charge in [0.05, 0.1) is 28.3 Å². The van der Waals surface area contributed by atoms with Crippen molar-refractivity contribution in [3.63, 3.8) is 0 Å². The molecule has 2 aromatic heterocycles. The largest absolute Gasteiger partial charge is 0.398 e. The fraction of sp³-hybridized carbons (Fsp3) is 0.522. The number of rotatable bonds is 6. The highest BCUT2D eigenvalue weighted by Gasteiger charge is 2.27. The minimum Gasteiger partial charge on any atom is -0.398 e. The van der Waals surface area contributed by atoms with Crippen LogP contribution in [0.5, 0.6) is 0 Å². The number of nitrogen functional groups attached to an aromatic ring is 2. The standard InChI is InChI=1S/C23H31FN6S/c1-3-16-11-28-19(10-18(16)26)30-22-21(20(27)17(24)12-29-22)31-13-15-6-4-8-23(2,14-25)9-5-7-15/h10-12,15H,3-9,13H2,1-2H3,(H5,26,27,28,29,30). The van der Waals surface area contributed by atoms with Gasteiger partial charge in [-0.1, -0.05) is 19.8 Å². The van der Waals surface area contributed by atoms with Crippen LogP contribution in [0.4, 0.5) is 27.4 Å². The Morgan fingerprint density at radius 1 is 1.26 bits per heavy atom. The molecule has 0 bridgehead atoms. The number of hydrogen-bond acceptors (Lipinski definition) is 7. The Balaban J connectivity index is 1.72. The molecule has 0 amide bonds. The highest BCUT2D eigenvalue weighted by molar-refractivity contribution is 7.99. The number of aryl methyl sites for hydroxylation is 1. The van der Waals surface area contributed by atoms with E-state index in [0.29, 0.717) is 28.1 Å². The summed E-state index contributed by atoms with van der Waals surface area (Å²) in [6.45, 7) is 4.08. The first kappa shape index (κ1) is 23.1. The minimum atomic E-state index is -0.524. The van der Waals surface area contributed by atoms with Gasteiger partial charge in [0, 0.05) is 23.7 Å². The number of halogens is 1. The van der Waals surface area contributed by atoms with Crippen LogP contribution in [0.15, 0.2) is 23.4 Å². The second-order valence-corrected chi connectivity index (χ2v) is 9.61. The Bertz CT molecular complexity index is 948. The number of nitrogens with two attached hydrogens (primary N) is 2. The normalized spacial score (nSPS) is 21.7. The van der Waals surface area contributed by atoms with Gasteiger partial charge in [0.25, 0.3) is 0 Å². The quantitative estimate of drug-likeness (QED) is 0.493. The Morgan fingerprint density at radius 2 is 1.97 bits per heavy atom. The first-order chi connectivity index (χ1) is 14.8. The molecule has 31 heavy (non-hydrogen) atoms. The van der Waals surface area contributed by atoms with Crippen LogP contribution in [-0.2, 0) is 6.42 Å². The Kier molecular flexibility index (Phi) is 7.60. The zero-order valence-corrected chi connectivity index (χ0v) is 19.1. The third kappa shape index (κ3) is 5.79. The molecule has 0 unspecified atom stereocenters. The number of anilines is 4. The molecule has 6 nitrogen and oxygen atoms in total. The van der Waals surface area contributed by atoms with E-state index in [0.717, 1.165) is 62.5 Å². The van der Waals surface area contributed by atoms with Crippen LogP contribution in [0.1, 0.15) is 57.9 Å². The van der Waals surface area contributed by atoms with Gasteiger partial charge in [-0.25, -0.2) is 14.4 Å². The average Bonchev–Trinajstić information content (AvgIpc) is 2.74. The molecule has 1 fully saturated rings. The minimum absolute atomic E-state index is 0.101. The van der Waals surface area contributed by atoms with E-state index in [4.69, 9.17) is 11.5 Å². The van der Waals surface area contributed by atoms with Crippen molar-refractivity contribution in [1.82, 2.24) is 9.97 Å². The van der Waals surface area contributed by atoms with Crippen molar-refractivity contribution in [3.05, 3.63) is 29.8 Å². The van der Waals surface area contributed by atoms with Crippen LogP contribution in [0.25, 0.3) is 0 Å². The van der Waals surface area contributed by atoms with Crippen molar-refractivity contribution in [2.24, 2.45) is 11.3 Å². The van der Waals surface area contributed by atoms with E-state index in [2.05, 4.69) is 28.3 Å². The predicted molar refractivity (Wildman–Crippen MR) is 126 cm³/mol.